The second kappa shape index (κ2) is 5.38. The van der Waals surface area contributed by atoms with Crippen molar-refractivity contribution >= 4 is 28.9 Å². The molecule has 122 valence electrons. The molecule has 23 heavy (non-hydrogen) atoms. The number of anilines is 1. The highest BCUT2D eigenvalue weighted by Gasteiger charge is 2.43. The topological polar surface area (TPSA) is 98.3 Å². The number of aromatic nitrogens is 2. The molecule has 7 nitrogen and oxygen atoms in total. The Labute approximate surface area is 137 Å². The fraction of sp³-hybridized carbons (Fsp3) is 0.400. The van der Waals surface area contributed by atoms with Gasteiger partial charge in [0.05, 0.1) is 11.9 Å². The number of H-pyrrole nitrogens is 1. The standard InChI is InChI=1S/C15H18N4O3S/c1-4-9(14(21)22)19-10-5-11(8-6-16-17-7-8)23-12(10)13(20)18-15(19,2)3/h5-7,9H,4H2,1-3H3,(H,16,17)(H,18,20)(H,21,22). The van der Waals surface area contributed by atoms with Crippen molar-refractivity contribution < 1.29 is 14.7 Å². The lowest BCUT2D eigenvalue weighted by molar-refractivity contribution is -0.139. The van der Waals surface area contributed by atoms with E-state index in [-0.39, 0.29) is 5.91 Å². The van der Waals surface area contributed by atoms with E-state index in [0.717, 1.165) is 10.4 Å². The molecule has 0 saturated carbocycles. The minimum Gasteiger partial charge on any atom is -0.480 e. The molecule has 0 bridgehead atoms. The van der Waals surface area contributed by atoms with Gasteiger partial charge >= 0.3 is 5.97 Å². The zero-order valence-electron chi connectivity index (χ0n) is 13.1. The molecule has 3 N–H and O–H groups in total. The van der Waals surface area contributed by atoms with E-state index in [4.69, 9.17) is 0 Å². The van der Waals surface area contributed by atoms with Crippen molar-refractivity contribution in [1.82, 2.24) is 15.5 Å². The summed E-state index contributed by atoms with van der Waals surface area (Å²) in [6.45, 7) is 5.46. The summed E-state index contributed by atoms with van der Waals surface area (Å²) in [6, 6.07) is 1.16. The average molecular weight is 334 g/mol. The number of nitrogens with zero attached hydrogens (tertiary/aromatic N) is 2. The molecule has 3 heterocycles. The Hall–Kier alpha value is -2.35. The number of amides is 1. The van der Waals surface area contributed by atoms with E-state index in [1.807, 2.05) is 26.8 Å². The molecule has 8 heteroatoms. The Balaban J connectivity index is 2.15. The van der Waals surface area contributed by atoms with Gasteiger partial charge in [-0.3, -0.25) is 9.89 Å². The molecule has 0 radical (unpaired) electrons. The maximum Gasteiger partial charge on any atom is 0.326 e. The predicted octanol–water partition coefficient (Wildman–Crippen LogP) is 2.29. The van der Waals surface area contributed by atoms with E-state index in [1.54, 1.807) is 17.3 Å². The van der Waals surface area contributed by atoms with E-state index in [0.29, 0.717) is 17.0 Å². The van der Waals surface area contributed by atoms with Gasteiger partial charge in [0.15, 0.2) is 0 Å². The number of hydrogen-bond donors (Lipinski definition) is 3. The smallest absolute Gasteiger partial charge is 0.326 e. The zero-order chi connectivity index (χ0) is 16.8. The average Bonchev–Trinajstić information content (AvgIpc) is 3.10. The summed E-state index contributed by atoms with van der Waals surface area (Å²) in [6.07, 6.45) is 3.86. The molecule has 1 unspecified atom stereocenters. The molecule has 1 aliphatic rings. The third-order valence-electron chi connectivity index (χ3n) is 3.97. The third-order valence-corrected chi connectivity index (χ3v) is 5.14. The Morgan fingerprint density at radius 2 is 2.26 bits per heavy atom. The van der Waals surface area contributed by atoms with Crippen LogP contribution in [0, 0.1) is 0 Å². The molecule has 0 aromatic carbocycles. The Morgan fingerprint density at radius 1 is 1.52 bits per heavy atom. The summed E-state index contributed by atoms with van der Waals surface area (Å²) in [7, 11) is 0. The number of aliphatic carboxylic acids is 1. The van der Waals surface area contributed by atoms with Gasteiger partial charge in [0, 0.05) is 16.6 Å². The van der Waals surface area contributed by atoms with Crippen molar-refractivity contribution in [3.05, 3.63) is 23.3 Å². The van der Waals surface area contributed by atoms with Gasteiger partial charge in [-0.05, 0) is 26.3 Å². The Bertz CT molecular complexity index is 751. The van der Waals surface area contributed by atoms with Crippen LogP contribution < -0.4 is 10.2 Å². The van der Waals surface area contributed by atoms with Crippen molar-refractivity contribution in [1.29, 1.82) is 0 Å². The van der Waals surface area contributed by atoms with Crippen LogP contribution >= 0.6 is 11.3 Å². The van der Waals surface area contributed by atoms with Crippen molar-refractivity contribution in [3.8, 4) is 10.4 Å². The number of fused-ring (bicyclic) bond motifs is 1. The molecule has 1 amide bonds. The predicted molar refractivity (Wildman–Crippen MR) is 87.6 cm³/mol. The van der Waals surface area contributed by atoms with Crippen LogP contribution in [-0.4, -0.2) is 38.9 Å². The van der Waals surface area contributed by atoms with E-state index in [1.165, 1.54) is 11.3 Å². The second-order valence-corrected chi connectivity index (χ2v) is 7.01. The van der Waals surface area contributed by atoms with Crippen molar-refractivity contribution in [2.24, 2.45) is 0 Å². The van der Waals surface area contributed by atoms with E-state index in [2.05, 4.69) is 15.5 Å². The first-order chi connectivity index (χ1) is 10.8. The normalized spacial score (nSPS) is 17.5. The van der Waals surface area contributed by atoms with Crippen LogP contribution in [0.1, 0.15) is 36.9 Å². The van der Waals surface area contributed by atoms with Gasteiger partial charge in [-0.15, -0.1) is 11.3 Å². The van der Waals surface area contributed by atoms with Crippen LogP contribution in [-0.2, 0) is 4.79 Å². The van der Waals surface area contributed by atoms with Crippen molar-refractivity contribution in [2.75, 3.05) is 4.90 Å². The van der Waals surface area contributed by atoms with Crippen LogP contribution in [0.3, 0.4) is 0 Å². The SMILES string of the molecule is CCC(C(=O)O)N1c2cc(-c3cn[nH]c3)sc2C(=O)NC1(C)C. The molecular formula is C15H18N4O3S. The second-order valence-electron chi connectivity index (χ2n) is 5.96. The van der Waals surface area contributed by atoms with Gasteiger partial charge in [-0.2, -0.15) is 5.10 Å². The monoisotopic (exact) mass is 334 g/mol. The lowest BCUT2D eigenvalue weighted by Gasteiger charge is -2.46. The number of carbonyl (C=O) groups is 2. The summed E-state index contributed by atoms with van der Waals surface area (Å²) in [5.41, 5.74) is 0.755. The molecule has 0 spiro atoms. The number of carboxylic acids is 1. The zero-order valence-corrected chi connectivity index (χ0v) is 13.9. The summed E-state index contributed by atoms with van der Waals surface area (Å²) in [4.78, 5) is 27.3. The fourth-order valence-electron chi connectivity index (χ4n) is 2.97. The van der Waals surface area contributed by atoms with Crippen LogP contribution in [0.15, 0.2) is 18.5 Å². The third kappa shape index (κ3) is 2.48. The summed E-state index contributed by atoms with van der Waals surface area (Å²) in [5.74, 6) is -1.08. The molecule has 1 atom stereocenters. The first-order valence-corrected chi connectivity index (χ1v) is 8.14. The van der Waals surface area contributed by atoms with Crippen molar-refractivity contribution in [2.45, 2.75) is 38.9 Å². The molecule has 2 aromatic rings. The summed E-state index contributed by atoms with van der Waals surface area (Å²) in [5, 5.41) is 19.1. The summed E-state index contributed by atoms with van der Waals surface area (Å²) < 4.78 is 0. The number of carbonyl (C=O) groups excluding carboxylic acids is 1. The molecule has 3 rings (SSSR count). The van der Waals surface area contributed by atoms with Gasteiger partial charge < -0.3 is 15.3 Å². The van der Waals surface area contributed by atoms with E-state index < -0.39 is 17.7 Å². The molecular weight excluding hydrogens is 316 g/mol. The van der Waals surface area contributed by atoms with E-state index >= 15 is 0 Å². The molecule has 1 aliphatic heterocycles. The lowest BCUT2D eigenvalue weighted by atomic mass is 10.0. The number of hydrogen-bond acceptors (Lipinski definition) is 5. The van der Waals surface area contributed by atoms with Crippen LogP contribution in [0.25, 0.3) is 10.4 Å². The minimum atomic E-state index is -0.904. The lowest BCUT2D eigenvalue weighted by Crippen LogP contribution is -2.64. The van der Waals surface area contributed by atoms with Crippen LogP contribution in [0.5, 0.6) is 0 Å². The number of nitrogens with one attached hydrogen (secondary N) is 2. The summed E-state index contributed by atoms with van der Waals surface area (Å²) >= 11 is 1.34. The van der Waals surface area contributed by atoms with Gasteiger partial charge in [-0.25, -0.2) is 4.79 Å². The minimum absolute atomic E-state index is 0.179. The maximum absolute atomic E-state index is 12.4. The number of rotatable bonds is 4. The molecule has 0 fully saturated rings. The maximum atomic E-state index is 12.4. The number of carboxylic acid groups (broad SMARTS) is 1. The largest absolute Gasteiger partial charge is 0.480 e. The first-order valence-electron chi connectivity index (χ1n) is 7.32. The fourth-order valence-corrected chi connectivity index (χ4v) is 4.00. The van der Waals surface area contributed by atoms with Gasteiger partial charge in [-0.1, -0.05) is 6.92 Å². The van der Waals surface area contributed by atoms with Gasteiger partial charge in [0.2, 0.25) is 0 Å². The van der Waals surface area contributed by atoms with Crippen LogP contribution in [0.2, 0.25) is 0 Å². The van der Waals surface area contributed by atoms with Gasteiger partial charge in [0.25, 0.3) is 5.91 Å². The Morgan fingerprint density at radius 3 is 2.83 bits per heavy atom. The quantitative estimate of drug-likeness (QED) is 0.797. The highest BCUT2D eigenvalue weighted by Crippen LogP contribution is 2.42. The molecule has 0 saturated heterocycles. The van der Waals surface area contributed by atoms with Crippen molar-refractivity contribution in [3.63, 3.8) is 0 Å². The highest BCUT2D eigenvalue weighted by atomic mass is 32.1. The first kappa shape index (κ1) is 15.5. The Kier molecular flexibility index (Phi) is 3.63. The molecule has 2 aromatic heterocycles. The highest BCUT2D eigenvalue weighted by molar-refractivity contribution is 7.18. The van der Waals surface area contributed by atoms with Gasteiger partial charge in [0.1, 0.15) is 16.6 Å². The molecule has 0 aliphatic carbocycles. The van der Waals surface area contributed by atoms with E-state index in [9.17, 15) is 14.7 Å². The number of aromatic amines is 1. The number of thiophene rings is 1. The van der Waals surface area contributed by atoms with Crippen LogP contribution in [0.4, 0.5) is 5.69 Å².